The number of hydrogen-bond acceptors (Lipinski definition) is 4. The maximum absolute atomic E-state index is 12.4. The Morgan fingerprint density at radius 3 is 2.76 bits per heavy atom. The van der Waals surface area contributed by atoms with E-state index in [1.54, 1.807) is 24.1 Å². The Bertz CT molecular complexity index is 643. The quantitative estimate of drug-likeness (QED) is 0.805. The number of hydrogen-bond donors (Lipinski definition) is 2. The van der Waals surface area contributed by atoms with Gasteiger partial charge in [-0.2, -0.15) is 0 Å². The summed E-state index contributed by atoms with van der Waals surface area (Å²) in [5.74, 6) is -0.0293. The molecule has 116 valence electrons. The predicted molar refractivity (Wildman–Crippen MR) is 81.6 cm³/mol. The average molecular weight is 311 g/mol. The number of nitrogens with two attached hydrogens (primary N) is 1. The number of rotatable bonds is 6. The van der Waals surface area contributed by atoms with Gasteiger partial charge in [-0.15, -0.1) is 0 Å². The summed E-state index contributed by atoms with van der Waals surface area (Å²) in [7, 11) is -1.92. The topological polar surface area (TPSA) is 92.5 Å². The number of nitrogens with zero attached hydrogens (tertiary/aromatic N) is 1. The van der Waals surface area contributed by atoms with Gasteiger partial charge in [0.25, 0.3) is 0 Å². The van der Waals surface area contributed by atoms with Crippen molar-refractivity contribution in [2.24, 2.45) is 5.73 Å². The Morgan fingerprint density at radius 2 is 2.14 bits per heavy atom. The van der Waals surface area contributed by atoms with Crippen LogP contribution in [0.5, 0.6) is 0 Å². The van der Waals surface area contributed by atoms with Crippen molar-refractivity contribution < 1.29 is 13.2 Å². The molecule has 1 atom stereocenters. The van der Waals surface area contributed by atoms with Crippen LogP contribution in [0.15, 0.2) is 23.1 Å². The molecule has 0 spiro atoms. The third kappa shape index (κ3) is 3.25. The zero-order valence-electron chi connectivity index (χ0n) is 12.3. The Labute approximate surface area is 125 Å². The number of likely N-dealkylation sites (N-methyl/N-ethyl adjacent to an activating group) is 1. The molecule has 21 heavy (non-hydrogen) atoms. The number of amides is 1. The number of nitrogens with one attached hydrogen (secondary N) is 1. The highest BCUT2D eigenvalue weighted by Gasteiger charge is 2.26. The fraction of sp³-hybridized carbons (Fsp3) is 0.500. The fourth-order valence-corrected chi connectivity index (χ4v) is 3.81. The first-order chi connectivity index (χ1) is 9.89. The van der Waals surface area contributed by atoms with E-state index in [2.05, 4.69) is 4.72 Å². The molecule has 0 fully saturated rings. The van der Waals surface area contributed by atoms with Crippen LogP contribution in [0.25, 0.3) is 0 Å². The van der Waals surface area contributed by atoms with Gasteiger partial charge < -0.3 is 10.6 Å². The van der Waals surface area contributed by atoms with Gasteiger partial charge >= 0.3 is 0 Å². The molecule has 6 nitrogen and oxygen atoms in total. The van der Waals surface area contributed by atoms with Crippen molar-refractivity contribution in [1.82, 2.24) is 4.72 Å². The summed E-state index contributed by atoms with van der Waals surface area (Å²) in [5.41, 5.74) is 7.10. The molecule has 1 aromatic rings. The molecule has 0 aliphatic carbocycles. The summed E-state index contributed by atoms with van der Waals surface area (Å²) in [6, 6.07) is 4.50. The lowest BCUT2D eigenvalue weighted by atomic mass is 10.2. The van der Waals surface area contributed by atoms with E-state index in [0.29, 0.717) is 6.42 Å². The smallest absolute Gasteiger partial charge is 0.240 e. The molecule has 1 heterocycles. The summed E-state index contributed by atoms with van der Waals surface area (Å²) in [5, 5.41) is 0. The highest BCUT2D eigenvalue weighted by molar-refractivity contribution is 7.89. The van der Waals surface area contributed by atoms with Gasteiger partial charge in [-0.1, -0.05) is 13.3 Å². The van der Waals surface area contributed by atoms with E-state index in [1.165, 1.54) is 6.07 Å². The number of anilines is 1. The van der Waals surface area contributed by atoms with Crippen LogP contribution < -0.4 is 15.4 Å². The molecular weight excluding hydrogens is 290 g/mol. The number of sulfonamides is 1. The van der Waals surface area contributed by atoms with E-state index in [0.717, 1.165) is 17.7 Å². The Hall–Kier alpha value is -1.44. The molecule has 2 rings (SSSR count). The van der Waals surface area contributed by atoms with E-state index in [-0.39, 0.29) is 29.8 Å². The number of carbonyl (C=O) groups excluding carboxylic acids is 1. The van der Waals surface area contributed by atoms with Crippen LogP contribution in [0.4, 0.5) is 5.69 Å². The third-order valence-electron chi connectivity index (χ3n) is 3.68. The van der Waals surface area contributed by atoms with E-state index in [4.69, 9.17) is 5.73 Å². The zero-order valence-corrected chi connectivity index (χ0v) is 13.1. The zero-order chi connectivity index (χ0) is 15.6. The van der Waals surface area contributed by atoms with Crippen LogP contribution in [0, 0.1) is 0 Å². The molecule has 0 aromatic heterocycles. The highest BCUT2D eigenvalue weighted by atomic mass is 32.2. The minimum atomic E-state index is -3.61. The summed E-state index contributed by atoms with van der Waals surface area (Å²) in [6.45, 7) is 2.24. The predicted octanol–water partition coefficient (Wildman–Crippen LogP) is 0.611. The van der Waals surface area contributed by atoms with Crippen molar-refractivity contribution in [2.45, 2.75) is 37.1 Å². The average Bonchev–Trinajstić information content (AvgIpc) is 2.73. The molecule has 0 saturated carbocycles. The Kier molecular flexibility index (Phi) is 4.65. The van der Waals surface area contributed by atoms with Gasteiger partial charge in [0.05, 0.1) is 11.3 Å². The maximum atomic E-state index is 12.4. The van der Waals surface area contributed by atoms with Gasteiger partial charge in [-0.3, -0.25) is 4.79 Å². The minimum absolute atomic E-state index is 0.0293. The van der Waals surface area contributed by atoms with Crippen molar-refractivity contribution in [2.75, 3.05) is 18.5 Å². The van der Waals surface area contributed by atoms with Crippen molar-refractivity contribution in [3.8, 4) is 0 Å². The summed E-state index contributed by atoms with van der Waals surface area (Å²) < 4.78 is 27.4. The molecule has 3 N–H and O–H groups in total. The van der Waals surface area contributed by atoms with Crippen LogP contribution in [-0.4, -0.2) is 34.0 Å². The first-order valence-electron chi connectivity index (χ1n) is 7.01. The molecular formula is C14H21N3O3S. The van der Waals surface area contributed by atoms with Crippen LogP contribution in [0.3, 0.4) is 0 Å². The van der Waals surface area contributed by atoms with Gasteiger partial charge in [0, 0.05) is 25.3 Å². The second kappa shape index (κ2) is 6.13. The second-order valence-corrected chi connectivity index (χ2v) is 6.98. The lowest BCUT2D eigenvalue weighted by Gasteiger charge is -2.17. The van der Waals surface area contributed by atoms with Crippen LogP contribution in [0.1, 0.15) is 25.3 Å². The van der Waals surface area contributed by atoms with Gasteiger partial charge in [0.15, 0.2) is 0 Å². The molecule has 1 aliphatic heterocycles. The van der Waals surface area contributed by atoms with E-state index < -0.39 is 10.0 Å². The summed E-state index contributed by atoms with van der Waals surface area (Å²) in [4.78, 5) is 13.4. The first-order valence-corrected chi connectivity index (χ1v) is 8.49. The molecule has 1 amide bonds. The first kappa shape index (κ1) is 15.9. The summed E-state index contributed by atoms with van der Waals surface area (Å²) in [6.07, 6.45) is 1.79. The Balaban J connectivity index is 2.26. The van der Waals surface area contributed by atoms with Gasteiger partial charge in [0.1, 0.15) is 0 Å². The van der Waals surface area contributed by atoms with Crippen LogP contribution >= 0.6 is 0 Å². The van der Waals surface area contributed by atoms with Crippen molar-refractivity contribution in [3.05, 3.63) is 23.8 Å². The molecule has 0 radical (unpaired) electrons. The largest absolute Gasteiger partial charge is 0.329 e. The fourth-order valence-electron chi connectivity index (χ4n) is 2.47. The Morgan fingerprint density at radius 1 is 1.43 bits per heavy atom. The van der Waals surface area contributed by atoms with Crippen molar-refractivity contribution in [3.63, 3.8) is 0 Å². The minimum Gasteiger partial charge on any atom is -0.329 e. The molecule has 1 aromatic carbocycles. The molecule has 1 aliphatic rings. The third-order valence-corrected chi connectivity index (χ3v) is 5.20. The summed E-state index contributed by atoms with van der Waals surface area (Å²) >= 11 is 0. The molecule has 0 bridgehead atoms. The number of carbonyl (C=O) groups is 1. The number of benzene rings is 1. The standard InChI is InChI=1S/C14H21N3O3S/c1-3-4-11(9-15)16-21(19,20)12-5-6-13-10(7-12)8-14(18)17(13)2/h5-7,11,16H,3-4,8-9,15H2,1-2H3. The lowest BCUT2D eigenvalue weighted by Crippen LogP contribution is -2.40. The van der Waals surface area contributed by atoms with Crippen LogP contribution in [-0.2, 0) is 21.2 Å². The van der Waals surface area contributed by atoms with Crippen LogP contribution in [0.2, 0.25) is 0 Å². The normalized spacial score (nSPS) is 16.1. The second-order valence-electron chi connectivity index (χ2n) is 5.26. The van der Waals surface area contributed by atoms with Crippen molar-refractivity contribution in [1.29, 1.82) is 0 Å². The van der Waals surface area contributed by atoms with Gasteiger partial charge in [0.2, 0.25) is 15.9 Å². The van der Waals surface area contributed by atoms with E-state index in [9.17, 15) is 13.2 Å². The SMILES string of the molecule is CCCC(CN)NS(=O)(=O)c1ccc2c(c1)CC(=O)N2C. The molecule has 0 saturated heterocycles. The van der Waals surface area contributed by atoms with E-state index >= 15 is 0 Å². The van der Waals surface area contributed by atoms with Gasteiger partial charge in [-0.25, -0.2) is 13.1 Å². The maximum Gasteiger partial charge on any atom is 0.240 e. The molecule has 7 heteroatoms. The highest BCUT2D eigenvalue weighted by Crippen LogP contribution is 2.29. The van der Waals surface area contributed by atoms with Gasteiger partial charge in [-0.05, 0) is 30.2 Å². The monoisotopic (exact) mass is 311 g/mol. The van der Waals surface area contributed by atoms with E-state index in [1.807, 2.05) is 6.92 Å². The van der Waals surface area contributed by atoms with Crippen molar-refractivity contribution >= 4 is 21.6 Å². The lowest BCUT2D eigenvalue weighted by molar-refractivity contribution is -0.117. The number of fused-ring (bicyclic) bond motifs is 1. The molecule has 1 unspecified atom stereocenters.